The number of benzene rings is 2. The Morgan fingerprint density at radius 1 is 1.17 bits per heavy atom. The number of sulfonamides is 1. The fourth-order valence-corrected chi connectivity index (χ4v) is 3.90. The van der Waals surface area contributed by atoms with Crippen LogP contribution >= 0.6 is 0 Å². The second kappa shape index (κ2) is 8.07. The van der Waals surface area contributed by atoms with Crippen molar-refractivity contribution in [3.63, 3.8) is 0 Å². The van der Waals surface area contributed by atoms with Gasteiger partial charge in [0, 0.05) is 19.8 Å². The predicted octanol–water partition coefficient (Wildman–Crippen LogP) is 2.70. The van der Waals surface area contributed by atoms with Gasteiger partial charge in [-0.25, -0.2) is 13.1 Å². The summed E-state index contributed by atoms with van der Waals surface area (Å²) in [5.41, 5.74) is 0. The highest BCUT2D eigenvalue weighted by Crippen LogP contribution is 2.18. The summed E-state index contributed by atoms with van der Waals surface area (Å²) in [4.78, 5) is 0.293. The Hall–Kier alpha value is -1.47. The molecule has 0 bridgehead atoms. The lowest BCUT2D eigenvalue weighted by molar-refractivity contribution is 0.0169. The van der Waals surface area contributed by atoms with Crippen molar-refractivity contribution in [2.45, 2.75) is 30.3 Å². The van der Waals surface area contributed by atoms with E-state index in [0.717, 1.165) is 30.2 Å². The number of hydrogen-bond donors (Lipinski definition) is 1. The first-order valence-corrected chi connectivity index (χ1v) is 9.81. The Balaban J connectivity index is 1.46. The molecule has 6 heteroatoms. The van der Waals surface area contributed by atoms with Crippen LogP contribution in [0.25, 0.3) is 10.8 Å². The molecule has 3 rings (SSSR count). The summed E-state index contributed by atoms with van der Waals surface area (Å²) in [6, 6.07) is 12.9. The zero-order chi connectivity index (χ0) is 16.8. The van der Waals surface area contributed by atoms with Crippen LogP contribution in [0.2, 0.25) is 0 Å². The zero-order valence-corrected chi connectivity index (χ0v) is 14.4. The zero-order valence-electron chi connectivity index (χ0n) is 13.6. The van der Waals surface area contributed by atoms with Gasteiger partial charge in [-0.2, -0.15) is 0 Å². The molecule has 0 aromatic heterocycles. The molecule has 0 aliphatic carbocycles. The fraction of sp³-hybridized carbons (Fsp3) is 0.444. The Labute approximate surface area is 143 Å². The molecule has 130 valence electrons. The highest BCUT2D eigenvalue weighted by atomic mass is 32.2. The molecule has 1 heterocycles. The van der Waals surface area contributed by atoms with E-state index in [1.165, 1.54) is 0 Å². The van der Waals surface area contributed by atoms with E-state index in [-0.39, 0.29) is 6.10 Å². The number of fused-ring (bicyclic) bond motifs is 1. The molecule has 1 atom stereocenters. The first kappa shape index (κ1) is 17.4. The number of rotatable bonds is 8. The summed E-state index contributed by atoms with van der Waals surface area (Å²) in [7, 11) is -3.48. The van der Waals surface area contributed by atoms with Gasteiger partial charge in [0.25, 0.3) is 0 Å². The Morgan fingerprint density at radius 2 is 2.00 bits per heavy atom. The maximum atomic E-state index is 12.3. The van der Waals surface area contributed by atoms with Gasteiger partial charge in [-0.15, -0.1) is 0 Å². The summed E-state index contributed by atoms with van der Waals surface area (Å²) in [6.45, 7) is 2.30. The van der Waals surface area contributed by atoms with Gasteiger partial charge in [-0.05, 0) is 42.2 Å². The normalized spacial score (nSPS) is 18.2. The lowest BCUT2D eigenvalue weighted by Crippen LogP contribution is -2.26. The molecule has 24 heavy (non-hydrogen) atoms. The van der Waals surface area contributed by atoms with Gasteiger partial charge in [-0.3, -0.25) is 0 Å². The fourth-order valence-electron chi connectivity index (χ4n) is 2.79. The van der Waals surface area contributed by atoms with Crippen LogP contribution in [0.5, 0.6) is 0 Å². The summed E-state index contributed by atoms with van der Waals surface area (Å²) in [5.74, 6) is 0. The Kier molecular flexibility index (Phi) is 5.84. The van der Waals surface area contributed by atoms with Gasteiger partial charge in [0.15, 0.2) is 0 Å². The van der Waals surface area contributed by atoms with Gasteiger partial charge in [0.1, 0.15) is 0 Å². The molecule has 1 fully saturated rings. The topological polar surface area (TPSA) is 64.6 Å². The second-order valence-electron chi connectivity index (χ2n) is 5.97. The average Bonchev–Trinajstić information content (AvgIpc) is 3.11. The van der Waals surface area contributed by atoms with Gasteiger partial charge in [0.05, 0.1) is 17.6 Å². The molecule has 0 radical (unpaired) electrons. The van der Waals surface area contributed by atoms with E-state index >= 15 is 0 Å². The number of nitrogens with one attached hydrogen (secondary N) is 1. The van der Waals surface area contributed by atoms with E-state index in [0.29, 0.717) is 31.1 Å². The van der Waals surface area contributed by atoms with Crippen LogP contribution in [0.3, 0.4) is 0 Å². The van der Waals surface area contributed by atoms with E-state index < -0.39 is 10.0 Å². The molecule has 5 nitrogen and oxygen atoms in total. The monoisotopic (exact) mass is 349 g/mol. The summed E-state index contributed by atoms with van der Waals surface area (Å²) < 4.78 is 38.3. The molecule has 1 saturated heterocycles. The van der Waals surface area contributed by atoms with E-state index in [1.807, 2.05) is 30.3 Å². The first-order valence-electron chi connectivity index (χ1n) is 8.33. The van der Waals surface area contributed by atoms with Gasteiger partial charge in [0.2, 0.25) is 10.0 Å². The van der Waals surface area contributed by atoms with E-state index in [2.05, 4.69) is 4.72 Å². The molecule has 2 aromatic carbocycles. The van der Waals surface area contributed by atoms with Crippen LogP contribution in [0, 0.1) is 0 Å². The smallest absolute Gasteiger partial charge is 0.240 e. The van der Waals surface area contributed by atoms with Gasteiger partial charge in [-0.1, -0.05) is 30.3 Å². The third kappa shape index (κ3) is 4.54. The second-order valence-corrected chi connectivity index (χ2v) is 7.74. The highest BCUT2D eigenvalue weighted by Gasteiger charge is 2.16. The Bertz CT molecular complexity index is 769. The van der Waals surface area contributed by atoms with Crippen LogP contribution in [0.1, 0.15) is 19.3 Å². The van der Waals surface area contributed by atoms with Gasteiger partial charge >= 0.3 is 0 Å². The average molecular weight is 349 g/mol. The summed E-state index contributed by atoms with van der Waals surface area (Å²) in [5, 5.41) is 1.94. The lowest BCUT2D eigenvalue weighted by atomic mass is 10.1. The van der Waals surface area contributed by atoms with Crippen molar-refractivity contribution < 1.29 is 17.9 Å². The molecule has 1 aliphatic heterocycles. The maximum Gasteiger partial charge on any atom is 0.240 e. The van der Waals surface area contributed by atoms with Crippen molar-refractivity contribution in [3.8, 4) is 0 Å². The van der Waals surface area contributed by atoms with Crippen LogP contribution < -0.4 is 4.72 Å². The molecule has 0 unspecified atom stereocenters. The minimum absolute atomic E-state index is 0.208. The van der Waals surface area contributed by atoms with Crippen LogP contribution in [0.15, 0.2) is 47.4 Å². The molecule has 2 aromatic rings. The van der Waals surface area contributed by atoms with Crippen molar-refractivity contribution in [2.24, 2.45) is 0 Å². The lowest BCUT2D eigenvalue weighted by Gasteiger charge is -2.11. The number of ether oxygens (including phenoxy) is 2. The molecule has 1 aliphatic rings. The van der Waals surface area contributed by atoms with Crippen molar-refractivity contribution >= 4 is 20.8 Å². The minimum Gasteiger partial charge on any atom is -0.379 e. The third-order valence-electron chi connectivity index (χ3n) is 4.12. The molecule has 0 spiro atoms. The molecule has 0 amide bonds. The van der Waals surface area contributed by atoms with Crippen molar-refractivity contribution in [1.29, 1.82) is 0 Å². The van der Waals surface area contributed by atoms with Crippen molar-refractivity contribution in [1.82, 2.24) is 4.72 Å². The number of hydrogen-bond acceptors (Lipinski definition) is 4. The van der Waals surface area contributed by atoms with E-state index in [9.17, 15) is 8.42 Å². The van der Waals surface area contributed by atoms with Crippen molar-refractivity contribution in [3.05, 3.63) is 42.5 Å². The maximum absolute atomic E-state index is 12.3. The van der Waals surface area contributed by atoms with Crippen LogP contribution in [-0.2, 0) is 19.5 Å². The highest BCUT2D eigenvalue weighted by molar-refractivity contribution is 7.89. The molecule has 1 N–H and O–H groups in total. The molecular formula is C18H23NO4S. The largest absolute Gasteiger partial charge is 0.379 e. The van der Waals surface area contributed by atoms with E-state index in [4.69, 9.17) is 9.47 Å². The summed E-state index contributed by atoms with van der Waals surface area (Å²) in [6.07, 6.45) is 2.99. The van der Waals surface area contributed by atoms with Crippen LogP contribution in [0.4, 0.5) is 0 Å². The standard InChI is InChI=1S/C18H23NO4S/c20-24(21,18-9-8-15-5-1-2-6-16(15)13-18)19-10-4-11-22-14-17-7-3-12-23-17/h1-2,5-6,8-9,13,17,19H,3-4,7,10-12,14H2/t17-/m1/s1. The molecule has 0 saturated carbocycles. The van der Waals surface area contributed by atoms with E-state index in [1.54, 1.807) is 12.1 Å². The molecular weight excluding hydrogens is 326 g/mol. The Morgan fingerprint density at radius 3 is 2.79 bits per heavy atom. The quantitative estimate of drug-likeness (QED) is 0.744. The van der Waals surface area contributed by atoms with Crippen LogP contribution in [-0.4, -0.2) is 40.9 Å². The SMILES string of the molecule is O=S(=O)(NCCCOC[C@H]1CCCO1)c1ccc2ccccc2c1. The van der Waals surface area contributed by atoms with Crippen molar-refractivity contribution in [2.75, 3.05) is 26.4 Å². The predicted molar refractivity (Wildman–Crippen MR) is 93.5 cm³/mol. The minimum atomic E-state index is -3.48. The van der Waals surface area contributed by atoms with Gasteiger partial charge < -0.3 is 9.47 Å². The third-order valence-corrected chi connectivity index (χ3v) is 5.58. The summed E-state index contributed by atoms with van der Waals surface area (Å²) >= 11 is 0. The first-order chi connectivity index (χ1) is 11.6.